The van der Waals surface area contributed by atoms with Crippen LogP contribution in [0.5, 0.6) is 0 Å². The van der Waals surface area contributed by atoms with Crippen molar-refractivity contribution < 1.29 is 0 Å². The molecule has 0 aliphatic carbocycles. The minimum absolute atomic E-state index is 0. The van der Waals surface area contributed by atoms with E-state index in [1.54, 1.807) is 0 Å². The molecule has 0 saturated carbocycles. The van der Waals surface area contributed by atoms with Crippen LogP contribution in [0.4, 0.5) is 28.4 Å². The van der Waals surface area contributed by atoms with Crippen LogP contribution in [0.3, 0.4) is 0 Å². The van der Waals surface area contributed by atoms with Crippen LogP contribution in [-0.4, -0.2) is 6.54 Å². The number of allylic oxidation sites excluding steroid dienone is 4. The molecule has 0 spiro atoms. The molecular formula is C50H56N2. The van der Waals surface area contributed by atoms with Crippen LogP contribution in [-0.2, 0) is 11.8 Å². The molecule has 266 valence electrons. The van der Waals surface area contributed by atoms with Crippen molar-refractivity contribution in [1.29, 1.82) is 0 Å². The van der Waals surface area contributed by atoms with Crippen LogP contribution in [0.2, 0.25) is 0 Å². The second-order valence-electron chi connectivity index (χ2n) is 14.6. The van der Waals surface area contributed by atoms with Gasteiger partial charge >= 0.3 is 0 Å². The zero-order valence-electron chi connectivity index (χ0n) is 31.5. The van der Waals surface area contributed by atoms with E-state index in [4.69, 9.17) is 0 Å². The lowest BCUT2D eigenvalue weighted by Gasteiger charge is -2.33. The molecule has 6 aromatic carbocycles. The summed E-state index contributed by atoms with van der Waals surface area (Å²) in [5, 5.41) is 4.90. The minimum atomic E-state index is -0.0256. The van der Waals surface area contributed by atoms with E-state index in [0.29, 0.717) is 0 Å². The Morgan fingerprint density at radius 3 is 1.73 bits per heavy atom. The average molecular weight is 685 g/mol. The van der Waals surface area contributed by atoms with Crippen LogP contribution >= 0.6 is 0 Å². The minimum Gasteiger partial charge on any atom is -0.337 e. The maximum atomic E-state index is 3.94. The molecule has 0 radical (unpaired) electrons. The number of nitrogens with zero attached hydrogens (tertiary/aromatic N) is 2. The zero-order chi connectivity index (χ0) is 36.1. The van der Waals surface area contributed by atoms with E-state index in [2.05, 4.69) is 198 Å². The first-order valence-corrected chi connectivity index (χ1v) is 18.4. The number of anilines is 5. The molecule has 0 fully saturated rings. The first-order chi connectivity index (χ1) is 24.6. The van der Waals surface area contributed by atoms with Crippen molar-refractivity contribution in [2.75, 3.05) is 16.3 Å². The van der Waals surface area contributed by atoms with Crippen molar-refractivity contribution in [2.24, 2.45) is 0 Å². The fourth-order valence-corrected chi connectivity index (χ4v) is 6.92. The Bertz CT molecular complexity index is 2190. The van der Waals surface area contributed by atoms with Crippen LogP contribution in [0.1, 0.15) is 70.7 Å². The van der Waals surface area contributed by atoms with E-state index in [1.165, 1.54) is 66.4 Å². The summed E-state index contributed by atoms with van der Waals surface area (Å²) in [6.07, 6.45) is 10.5. The zero-order valence-corrected chi connectivity index (χ0v) is 31.5. The predicted molar refractivity (Wildman–Crippen MR) is 232 cm³/mol. The van der Waals surface area contributed by atoms with Gasteiger partial charge in [-0.15, -0.1) is 0 Å². The van der Waals surface area contributed by atoms with Crippen LogP contribution in [0.15, 0.2) is 152 Å². The molecule has 0 atom stereocenters. The van der Waals surface area contributed by atoms with E-state index in [-0.39, 0.29) is 12.8 Å². The summed E-state index contributed by atoms with van der Waals surface area (Å²) < 4.78 is 0. The molecule has 0 bridgehead atoms. The molecule has 0 aliphatic heterocycles. The molecule has 0 heterocycles. The number of benzene rings is 6. The monoisotopic (exact) mass is 684 g/mol. The van der Waals surface area contributed by atoms with Crippen LogP contribution in [0, 0.1) is 13.8 Å². The molecule has 0 N–H and O–H groups in total. The number of hydrogen-bond donors (Lipinski definition) is 0. The Hall–Kier alpha value is -5.34. The smallest absolute Gasteiger partial charge is 0.0620 e. The van der Waals surface area contributed by atoms with Gasteiger partial charge in [0, 0.05) is 45.2 Å². The molecule has 52 heavy (non-hydrogen) atoms. The number of fused-ring (bicyclic) bond motifs is 2. The number of aryl methyl sites for hydroxylation is 3. The molecular weight excluding hydrogens is 629 g/mol. The first-order valence-electron chi connectivity index (χ1n) is 18.4. The summed E-state index contributed by atoms with van der Waals surface area (Å²) in [7, 11) is 0. The van der Waals surface area contributed by atoms with Crippen molar-refractivity contribution in [1.82, 2.24) is 0 Å². The van der Waals surface area contributed by atoms with Crippen molar-refractivity contribution in [3.8, 4) is 0 Å². The van der Waals surface area contributed by atoms with Gasteiger partial charge in [-0.2, -0.15) is 0 Å². The first kappa shape index (κ1) is 37.9. The van der Waals surface area contributed by atoms with E-state index in [1.807, 2.05) is 6.08 Å². The molecule has 0 saturated heterocycles. The number of rotatable bonds is 11. The van der Waals surface area contributed by atoms with E-state index in [9.17, 15) is 0 Å². The van der Waals surface area contributed by atoms with Gasteiger partial charge in [0.2, 0.25) is 0 Å². The van der Waals surface area contributed by atoms with Gasteiger partial charge in [0.15, 0.2) is 0 Å². The standard InChI is InChI=1S/C49H52N2.CH4/c1-9-15-37(10-2)16-14-33-50(40-26-19-35(4)20-27-40)47-43-17-12-13-18-44(43)48(46-34-39(49(6,7)8)25-32-45(46)47)51(41-28-21-36(5)22-29-41)42-30-23-38(11-3)24-31-42;/h9,12-32,34H,1,10-11,33H2,2-8H3;1H4/b16-14-,37-15-;. The highest BCUT2D eigenvalue weighted by atomic mass is 15.2. The van der Waals surface area contributed by atoms with Gasteiger partial charge in [-0.25, -0.2) is 0 Å². The third-order valence-electron chi connectivity index (χ3n) is 9.93. The van der Waals surface area contributed by atoms with Crippen molar-refractivity contribution in [3.05, 3.63) is 174 Å². The molecule has 2 heteroatoms. The van der Waals surface area contributed by atoms with Gasteiger partial charge in [-0.05, 0) is 91.3 Å². The van der Waals surface area contributed by atoms with Crippen LogP contribution in [0.25, 0.3) is 21.5 Å². The maximum absolute atomic E-state index is 3.94. The summed E-state index contributed by atoms with van der Waals surface area (Å²) in [6, 6.07) is 43.2. The molecule has 6 aromatic rings. The van der Waals surface area contributed by atoms with Gasteiger partial charge in [0.1, 0.15) is 0 Å². The topological polar surface area (TPSA) is 6.48 Å². The normalized spacial score (nSPS) is 11.9. The van der Waals surface area contributed by atoms with E-state index in [0.717, 1.165) is 30.8 Å². The fourth-order valence-electron chi connectivity index (χ4n) is 6.92. The lowest BCUT2D eigenvalue weighted by Crippen LogP contribution is -2.19. The predicted octanol–water partition coefficient (Wildman–Crippen LogP) is 14.8. The summed E-state index contributed by atoms with van der Waals surface area (Å²) in [6.45, 7) is 20.3. The van der Waals surface area contributed by atoms with Crippen molar-refractivity contribution in [3.63, 3.8) is 0 Å². The third kappa shape index (κ3) is 7.92. The Labute approximate surface area is 313 Å². The second-order valence-corrected chi connectivity index (χ2v) is 14.6. The number of hydrogen-bond acceptors (Lipinski definition) is 2. The van der Waals surface area contributed by atoms with Crippen LogP contribution < -0.4 is 9.80 Å². The molecule has 0 aromatic heterocycles. The molecule has 0 amide bonds. The Morgan fingerprint density at radius 2 is 1.19 bits per heavy atom. The highest BCUT2D eigenvalue weighted by Gasteiger charge is 2.26. The van der Waals surface area contributed by atoms with Gasteiger partial charge in [0.25, 0.3) is 0 Å². The van der Waals surface area contributed by atoms with Crippen molar-refractivity contribution in [2.45, 2.75) is 74.1 Å². The van der Waals surface area contributed by atoms with E-state index < -0.39 is 0 Å². The largest absolute Gasteiger partial charge is 0.337 e. The fraction of sp³-hybridized carbons (Fsp3) is 0.240. The highest BCUT2D eigenvalue weighted by molar-refractivity contribution is 6.22. The third-order valence-corrected chi connectivity index (χ3v) is 9.93. The lowest BCUT2D eigenvalue weighted by molar-refractivity contribution is 0.591. The van der Waals surface area contributed by atoms with E-state index >= 15 is 0 Å². The SMILES string of the molecule is C.C=C/C=C(\C=C/CN(c1ccc(C)cc1)c1c2ccccc2c(N(c2ccc(C)cc2)c2ccc(CC)cc2)c2cc(C(C)(C)C)ccc12)CC. The summed E-state index contributed by atoms with van der Waals surface area (Å²) in [5.41, 5.74) is 12.2. The molecule has 2 nitrogen and oxygen atoms in total. The average Bonchev–Trinajstić information content (AvgIpc) is 3.14. The molecule has 0 aliphatic rings. The second kappa shape index (κ2) is 16.3. The van der Waals surface area contributed by atoms with Gasteiger partial charge in [-0.1, -0.05) is 157 Å². The quantitative estimate of drug-likeness (QED) is 0.0761. The Kier molecular flexibility index (Phi) is 11.9. The summed E-state index contributed by atoms with van der Waals surface area (Å²) in [5.74, 6) is 0. The summed E-state index contributed by atoms with van der Waals surface area (Å²) in [4.78, 5) is 4.97. The Balaban J connectivity index is 0.00000523. The summed E-state index contributed by atoms with van der Waals surface area (Å²) >= 11 is 0. The van der Waals surface area contributed by atoms with Gasteiger partial charge in [-0.3, -0.25) is 0 Å². The highest BCUT2D eigenvalue weighted by Crippen LogP contribution is 2.50. The van der Waals surface area contributed by atoms with Gasteiger partial charge < -0.3 is 9.80 Å². The Morgan fingerprint density at radius 1 is 0.654 bits per heavy atom. The molecule has 0 unspecified atom stereocenters. The maximum Gasteiger partial charge on any atom is 0.0620 e. The van der Waals surface area contributed by atoms with Crippen molar-refractivity contribution >= 4 is 50.0 Å². The van der Waals surface area contributed by atoms with Gasteiger partial charge in [0.05, 0.1) is 11.4 Å². The molecule has 6 rings (SSSR count). The lowest BCUT2D eigenvalue weighted by atomic mass is 9.84.